The summed E-state index contributed by atoms with van der Waals surface area (Å²) in [7, 11) is 0. The minimum atomic E-state index is -0.182. The minimum absolute atomic E-state index is 0.0132. The van der Waals surface area contributed by atoms with Crippen molar-refractivity contribution in [3.05, 3.63) is 4.88 Å². The number of anilines is 2. The van der Waals surface area contributed by atoms with Crippen molar-refractivity contribution in [3.8, 4) is 0 Å². The molecule has 1 atom stereocenters. The van der Waals surface area contributed by atoms with E-state index in [1.54, 1.807) is 0 Å². The van der Waals surface area contributed by atoms with Crippen LogP contribution in [-0.4, -0.2) is 56.3 Å². The number of amides is 1. The normalized spacial score (nSPS) is 16.8. The molecule has 0 radical (unpaired) electrons. The summed E-state index contributed by atoms with van der Waals surface area (Å²) in [6.07, 6.45) is -0.0132. The number of aromatic nitrogens is 1. The van der Waals surface area contributed by atoms with Crippen LogP contribution in [0.15, 0.2) is 0 Å². The number of piperazine rings is 1. The van der Waals surface area contributed by atoms with E-state index < -0.39 is 0 Å². The van der Waals surface area contributed by atoms with E-state index in [0.717, 1.165) is 31.3 Å². The monoisotopic (exact) mass is 313 g/mol. The summed E-state index contributed by atoms with van der Waals surface area (Å²) >= 11 is 1.35. The topological polar surface area (TPSA) is 92.5 Å². The zero-order valence-corrected chi connectivity index (χ0v) is 13.3. The fraction of sp³-hybridized carbons (Fsp3) is 0.692. The first kappa shape index (κ1) is 16.0. The standard InChI is InChI=1S/C13H23N5O2S/c1-3-20-9(2)8-16-12(19)10-11(14)17-13(21-10)18-6-4-15-5-7-18/h9,15H,3-8,14H2,1-2H3,(H,16,19). The van der Waals surface area contributed by atoms with Crippen LogP contribution in [0.2, 0.25) is 0 Å². The lowest BCUT2D eigenvalue weighted by Crippen LogP contribution is -2.43. The first-order valence-corrected chi connectivity index (χ1v) is 8.05. The first-order chi connectivity index (χ1) is 10.1. The van der Waals surface area contributed by atoms with Crippen molar-refractivity contribution in [2.45, 2.75) is 20.0 Å². The number of nitrogen functional groups attached to an aromatic ring is 1. The van der Waals surface area contributed by atoms with Gasteiger partial charge >= 0.3 is 0 Å². The molecule has 0 spiro atoms. The quantitative estimate of drug-likeness (QED) is 0.699. The fourth-order valence-electron chi connectivity index (χ4n) is 2.13. The average molecular weight is 313 g/mol. The van der Waals surface area contributed by atoms with E-state index in [-0.39, 0.29) is 12.0 Å². The SMILES string of the molecule is CCOC(C)CNC(=O)c1sc(N2CCNCC2)nc1N. The van der Waals surface area contributed by atoms with Crippen LogP contribution in [-0.2, 0) is 4.74 Å². The Kier molecular flexibility index (Phi) is 5.77. The molecule has 0 aliphatic carbocycles. The fourth-order valence-corrected chi connectivity index (χ4v) is 3.09. The third-order valence-corrected chi connectivity index (χ3v) is 4.37. The lowest BCUT2D eigenvalue weighted by molar-refractivity contribution is 0.0697. The van der Waals surface area contributed by atoms with Crippen LogP contribution in [0.3, 0.4) is 0 Å². The summed E-state index contributed by atoms with van der Waals surface area (Å²) in [6.45, 7) is 8.57. The lowest BCUT2D eigenvalue weighted by Gasteiger charge is -2.26. The van der Waals surface area contributed by atoms with E-state index >= 15 is 0 Å². The molecule has 1 aromatic rings. The van der Waals surface area contributed by atoms with E-state index in [9.17, 15) is 4.79 Å². The van der Waals surface area contributed by atoms with Crippen molar-refractivity contribution in [3.63, 3.8) is 0 Å². The van der Waals surface area contributed by atoms with E-state index in [2.05, 4.69) is 20.5 Å². The first-order valence-electron chi connectivity index (χ1n) is 7.23. The Morgan fingerprint density at radius 1 is 1.57 bits per heavy atom. The lowest BCUT2D eigenvalue weighted by atomic mass is 10.3. The van der Waals surface area contributed by atoms with Gasteiger partial charge in [0.05, 0.1) is 6.10 Å². The molecule has 0 aromatic carbocycles. The predicted molar refractivity (Wildman–Crippen MR) is 85.0 cm³/mol. The van der Waals surface area contributed by atoms with Gasteiger partial charge in [0.25, 0.3) is 5.91 Å². The van der Waals surface area contributed by atoms with Crippen molar-refractivity contribution < 1.29 is 9.53 Å². The van der Waals surface area contributed by atoms with Crippen LogP contribution in [0.4, 0.5) is 10.9 Å². The highest BCUT2D eigenvalue weighted by Gasteiger charge is 2.20. The van der Waals surface area contributed by atoms with Crippen LogP contribution in [0.1, 0.15) is 23.5 Å². The molecular weight excluding hydrogens is 290 g/mol. The molecular formula is C13H23N5O2S. The number of nitrogens with one attached hydrogen (secondary N) is 2. The molecule has 1 unspecified atom stereocenters. The van der Waals surface area contributed by atoms with Crippen LogP contribution in [0, 0.1) is 0 Å². The number of ether oxygens (including phenoxy) is 1. The van der Waals surface area contributed by atoms with E-state index in [1.807, 2.05) is 13.8 Å². The largest absolute Gasteiger partial charge is 0.382 e. The number of carbonyl (C=O) groups excluding carboxylic acids is 1. The van der Waals surface area contributed by atoms with Crippen LogP contribution < -0.4 is 21.3 Å². The van der Waals surface area contributed by atoms with Gasteiger partial charge in [-0.15, -0.1) is 0 Å². The zero-order valence-electron chi connectivity index (χ0n) is 12.5. The van der Waals surface area contributed by atoms with Gasteiger partial charge in [-0.25, -0.2) is 4.98 Å². The van der Waals surface area contributed by atoms with Crippen molar-refractivity contribution in [2.24, 2.45) is 0 Å². The highest BCUT2D eigenvalue weighted by Crippen LogP contribution is 2.28. The number of hydrogen-bond donors (Lipinski definition) is 3. The Hall–Kier alpha value is -1.38. The molecule has 2 heterocycles. The van der Waals surface area contributed by atoms with E-state index in [4.69, 9.17) is 10.5 Å². The van der Waals surface area contributed by atoms with Crippen molar-refractivity contribution in [2.75, 3.05) is 50.0 Å². The summed E-state index contributed by atoms with van der Waals surface area (Å²) in [5.74, 6) is 0.119. The highest BCUT2D eigenvalue weighted by molar-refractivity contribution is 7.18. The molecule has 0 bridgehead atoms. The van der Waals surface area contributed by atoms with Crippen LogP contribution >= 0.6 is 11.3 Å². The van der Waals surface area contributed by atoms with E-state index in [1.165, 1.54) is 11.3 Å². The highest BCUT2D eigenvalue weighted by atomic mass is 32.1. The minimum Gasteiger partial charge on any atom is -0.382 e. The number of nitrogens with two attached hydrogens (primary N) is 1. The van der Waals surface area contributed by atoms with Gasteiger partial charge in [-0.2, -0.15) is 0 Å². The zero-order chi connectivity index (χ0) is 15.2. The second-order valence-electron chi connectivity index (χ2n) is 4.92. The van der Waals surface area contributed by atoms with Gasteiger partial charge < -0.3 is 26.0 Å². The maximum atomic E-state index is 12.2. The molecule has 21 heavy (non-hydrogen) atoms. The van der Waals surface area contributed by atoms with Gasteiger partial charge in [0.15, 0.2) is 5.13 Å². The molecule has 118 valence electrons. The molecule has 1 fully saturated rings. The molecule has 1 saturated heterocycles. The van der Waals surface area contributed by atoms with Crippen LogP contribution in [0.5, 0.6) is 0 Å². The third kappa shape index (κ3) is 4.29. The van der Waals surface area contributed by atoms with Crippen LogP contribution in [0.25, 0.3) is 0 Å². The summed E-state index contributed by atoms with van der Waals surface area (Å²) in [5, 5.41) is 6.94. The molecule has 8 heteroatoms. The van der Waals surface area contributed by atoms with Crippen molar-refractivity contribution in [1.82, 2.24) is 15.6 Å². The Morgan fingerprint density at radius 2 is 2.29 bits per heavy atom. The Labute approximate surface area is 128 Å². The molecule has 1 amide bonds. The Morgan fingerprint density at radius 3 is 2.95 bits per heavy atom. The van der Waals surface area contributed by atoms with Crippen molar-refractivity contribution >= 4 is 28.2 Å². The second-order valence-corrected chi connectivity index (χ2v) is 5.90. The predicted octanol–water partition coefficient (Wildman–Crippen LogP) is 0.290. The third-order valence-electron chi connectivity index (χ3n) is 3.24. The number of rotatable bonds is 6. The van der Waals surface area contributed by atoms with Gasteiger partial charge in [0, 0.05) is 39.3 Å². The number of thiazole rings is 1. The Bertz CT molecular complexity index is 473. The van der Waals surface area contributed by atoms with Gasteiger partial charge in [-0.1, -0.05) is 11.3 Å². The summed E-state index contributed by atoms with van der Waals surface area (Å²) in [6, 6.07) is 0. The molecule has 1 aliphatic heterocycles. The molecule has 2 rings (SSSR count). The maximum absolute atomic E-state index is 12.2. The number of carbonyl (C=O) groups is 1. The maximum Gasteiger partial charge on any atom is 0.265 e. The number of hydrogen-bond acceptors (Lipinski definition) is 7. The van der Waals surface area contributed by atoms with Gasteiger partial charge in [-0.05, 0) is 13.8 Å². The summed E-state index contributed by atoms with van der Waals surface area (Å²) in [4.78, 5) is 19.1. The Balaban J connectivity index is 1.96. The van der Waals surface area contributed by atoms with E-state index in [0.29, 0.717) is 23.8 Å². The molecule has 4 N–H and O–H groups in total. The smallest absolute Gasteiger partial charge is 0.265 e. The average Bonchev–Trinajstić information content (AvgIpc) is 2.88. The molecule has 1 aromatic heterocycles. The van der Waals surface area contributed by atoms with Gasteiger partial charge in [-0.3, -0.25) is 4.79 Å². The molecule has 1 aliphatic rings. The van der Waals surface area contributed by atoms with Gasteiger partial charge in [0.1, 0.15) is 10.7 Å². The van der Waals surface area contributed by atoms with Crippen molar-refractivity contribution in [1.29, 1.82) is 0 Å². The second kappa shape index (κ2) is 7.58. The molecule has 0 saturated carbocycles. The number of nitrogens with zero attached hydrogens (tertiary/aromatic N) is 2. The summed E-state index contributed by atoms with van der Waals surface area (Å²) in [5.41, 5.74) is 5.88. The molecule has 7 nitrogen and oxygen atoms in total. The summed E-state index contributed by atoms with van der Waals surface area (Å²) < 4.78 is 5.39. The van der Waals surface area contributed by atoms with Gasteiger partial charge in [0.2, 0.25) is 0 Å².